The fourth-order valence-corrected chi connectivity index (χ4v) is 3.01. The highest BCUT2D eigenvalue weighted by Crippen LogP contribution is 2.54. The first kappa shape index (κ1) is 18.3. The number of nitrogens with one attached hydrogen (secondary N) is 1. The van der Waals surface area contributed by atoms with Crippen LogP contribution in [-0.4, -0.2) is 25.5 Å². The van der Waals surface area contributed by atoms with E-state index in [1.165, 1.54) is 11.3 Å². The van der Waals surface area contributed by atoms with Gasteiger partial charge in [0.05, 0.1) is 5.00 Å². The average Bonchev–Trinajstić information content (AvgIpc) is 3.13. The number of phenols is 5. The molecule has 25 heavy (non-hydrogen) atoms. The smallest absolute Gasteiger partial charge is 0.208 e. The van der Waals surface area contributed by atoms with Gasteiger partial charge in [-0.25, -0.2) is 0 Å². The second-order valence-electron chi connectivity index (χ2n) is 4.77. The summed E-state index contributed by atoms with van der Waals surface area (Å²) < 4.78 is 0. The molecule has 0 aliphatic carbocycles. The molecular formula is C18H19NO5S. The van der Waals surface area contributed by atoms with Crippen molar-refractivity contribution in [2.75, 3.05) is 5.32 Å². The molecule has 1 aromatic heterocycles. The van der Waals surface area contributed by atoms with E-state index in [4.69, 9.17) is 0 Å². The minimum absolute atomic E-state index is 0.292. The quantitative estimate of drug-likeness (QED) is 0.297. The first-order chi connectivity index (χ1) is 12.0. The molecule has 6 nitrogen and oxygen atoms in total. The molecule has 7 heteroatoms. The van der Waals surface area contributed by atoms with Gasteiger partial charge in [0.25, 0.3) is 0 Å². The molecule has 0 saturated heterocycles. The zero-order valence-corrected chi connectivity index (χ0v) is 14.5. The predicted octanol–water partition coefficient (Wildman–Crippen LogP) is 4.71. The second-order valence-corrected chi connectivity index (χ2v) is 5.86. The molecule has 0 radical (unpaired) electrons. The number of anilines is 2. The van der Waals surface area contributed by atoms with Crippen molar-refractivity contribution in [3.63, 3.8) is 0 Å². The zero-order chi connectivity index (χ0) is 18.6. The van der Waals surface area contributed by atoms with Crippen molar-refractivity contribution in [1.82, 2.24) is 0 Å². The number of aromatic hydroxyl groups is 5. The van der Waals surface area contributed by atoms with Gasteiger partial charge in [-0.3, -0.25) is 0 Å². The Hall–Kier alpha value is -3.06. The van der Waals surface area contributed by atoms with Crippen LogP contribution in [0.4, 0.5) is 10.7 Å². The summed E-state index contributed by atoms with van der Waals surface area (Å²) in [5.74, 6) is -4.33. The Kier molecular flexibility index (Phi) is 5.61. The molecule has 0 bridgehead atoms. The van der Waals surface area contributed by atoms with E-state index in [2.05, 4.69) is 5.32 Å². The van der Waals surface area contributed by atoms with Crippen LogP contribution in [0.5, 0.6) is 28.7 Å². The van der Waals surface area contributed by atoms with Crippen molar-refractivity contribution in [3.8, 4) is 39.2 Å². The van der Waals surface area contributed by atoms with Gasteiger partial charge < -0.3 is 30.8 Å². The van der Waals surface area contributed by atoms with Crippen LogP contribution in [0.15, 0.2) is 42.5 Å². The van der Waals surface area contributed by atoms with Gasteiger partial charge in [-0.2, -0.15) is 0 Å². The molecule has 0 atom stereocenters. The molecule has 3 rings (SSSR count). The number of thiophene rings is 1. The SMILES string of the molecule is CC.Oc1c(O)c(O)c(Nc2ccc(-c3ccccc3)s2)c(O)c1O. The molecule has 0 aliphatic rings. The fraction of sp³-hybridized carbons (Fsp3) is 0.111. The fourth-order valence-electron chi connectivity index (χ4n) is 2.09. The third-order valence-corrected chi connectivity index (χ3v) is 4.33. The lowest BCUT2D eigenvalue weighted by atomic mass is 10.2. The van der Waals surface area contributed by atoms with Gasteiger partial charge in [0.2, 0.25) is 17.2 Å². The summed E-state index contributed by atoms with van der Waals surface area (Å²) in [6.07, 6.45) is 0. The van der Waals surface area contributed by atoms with E-state index in [9.17, 15) is 25.5 Å². The minimum Gasteiger partial charge on any atom is -0.503 e. The summed E-state index contributed by atoms with van der Waals surface area (Å²) in [4.78, 5) is 0.958. The maximum atomic E-state index is 9.83. The molecule has 0 amide bonds. The molecule has 0 spiro atoms. The number of hydrogen-bond donors (Lipinski definition) is 6. The van der Waals surface area contributed by atoms with E-state index in [0.717, 1.165) is 10.4 Å². The number of phenolic OH excluding ortho intramolecular Hbond substituents is 5. The molecule has 3 aromatic rings. The van der Waals surface area contributed by atoms with E-state index in [1.54, 1.807) is 6.07 Å². The number of benzene rings is 2. The largest absolute Gasteiger partial charge is 0.503 e. The summed E-state index contributed by atoms with van der Waals surface area (Å²) in [5, 5.41) is 51.4. The summed E-state index contributed by atoms with van der Waals surface area (Å²) in [6.45, 7) is 4.00. The Morgan fingerprint density at radius 2 is 1.20 bits per heavy atom. The monoisotopic (exact) mass is 361 g/mol. The summed E-state index contributed by atoms with van der Waals surface area (Å²) >= 11 is 1.36. The van der Waals surface area contributed by atoms with Crippen molar-refractivity contribution in [2.24, 2.45) is 0 Å². The van der Waals surface area contributed by atoms with Crippen LogP contribution in [0.2, 0.25) is 0 Å². The van der Waals surface area contributed by atoms with E-state index in [0.29, 0.717) is 5.00 Å². The Labute approximate surface area is 148 Å². The topological polar surface area (TPSA) is 113 Å². The highest BCUT2D eigenvalue weighted by Gasteiger charge is 2.23. The van der Waals surface area contributed by atoms with Gasteiger partial charge in [0, 0.05) is 4.88 Å². The Balaban J connectivity index is 0.00000109. The Bertz CT molecular complexity index is 832. The van der Waals surface area contributed by atoms with Crippen molar-refractivity contribution in [1.29, 1.82) is 0 Å². The van der Waals surface area contributed by atoms with Crippen LogP contribution in [0, 0.1) is 0 Å². The molecule has 0 unspecified atom stereocenters. The number of hydrogen-bond acceptors (Lipinski definition) is 7. The van der Waals surface area contributed by atoms with Gasteiger partial charge >= 0.3 is 0 Å². The van der Waals surface area contributed by atoms with Crippen LogP contribution in [-0.2, 0) is 0 Å². The maximum absolute atomic E-state index is 9.83. The van der Waals surface area contributed by atoms with Gasteiger partial charge in [0.1, 0.15) is 5.69 Å². The predicted molar refractivity (Wildman–Crippen MR) is 99.2 cm³/mol. The Morgan fingerprint density at radius 3 is 1.76 bits per heavy atom. The van der Waals surface area contributed by atoms with E-state index in [1.807, 2.05) is 50.2 Å². The minimum atomic E-state index is -0.985. The highest BCUT2D eigenvalue weighted by atomic mass is 32.1. The molecular weight excluding hydrogens is 342 g/mol. The second kappa shape index (κ2) is 7.67. The zero-order valence-electron chi connectivity index (χ0n) is 13.7. The van der Waals surface area contributed by atoms with Crippen LogP contribution in [0.25, 0.3) is 10.4 Å². The third-order valence-electron chi connectivity index (χ3n) is 3.28. The van der Waals surface area contributed by atoms with Gasteiger partial charge in [-0.15, -0.1) is 11.3 Å². The molecule has 2 aromatic carbocycles. The van der Waals surface area contributed by atoms with E-state index < -0.39 is 28.7 Å². The van der Waals surface area contributed by atoms with Crippen LogP contribution < -0.4 is 5.32 Å². The highest BCUT2D eigenvalue weighted by molar-refractivity contribution is 7.19. The van der Waals surface area contributed by atoms with Crippen molar-refractivity contribution >= 4 is 22.0 Å². The molecule has 0 saturated carbocycles. The summed E-state index contributed by atoms with van der Waals surface area (Å²) in [5.41, 5.74) is 0.717. The van der Waals surface area contributed by atoms with Crippen molar-refractivity contribution < 1.29 is 25.5 Å². The molecule has 132 valence electrons. The van der Waals surface area contributed by atoms with Gasteiger partial charge in [-0.1, -0.05) is 44.2 Å². The van der Waals surface area contributed by atoms with Gasteiger partial charge in [0.15, 0.2) is 11.5 Å². The van der Waals surface area contributed by atoms with Crippen LogP contribution >= 0.6 is 11.3 Å². The molecule has 6 N–H and O–H groups in total. The van der Waals surface area contributed by atoms with Crippen molar-refractivity contribution in [3.05, 3.63) is 42.5 Å². The van der Waals surface area contributed by atoms with E-state index >= 15 is 0 Å². The average molecular weight is 361 g/mol. The molecule has 0 fully saturated rings. The first-order valence-electron chi connectivity index (χ1n) is 7.60. The Morgan fingerprint density at radius 1 is 0.680 bits per heavy atom. The lowest BCUT2D eigenvalue weighted by Gasteiger charge is -2.12. The van der Waals surface area contributed by atoms with Crippen LogP contribution in [0.1, 0.15) is 13.8 Å². The van der Waals surface area contributed by atoms with E-state index in [-0.39, 0.29) is 5.69 Å². The third kappa shape index (κ3) is 3.56. The van der Waals surface area contributed by atoms with Crippen molar-refractivity contribution in [2.45, 2.75) is 13.8 Å². The lowest BCUT2D eigenvalue weighted by Crippen LogP contribution is -1.90. The molecule has 1 heterocycles. The van der Waals surface area contributed by atoms with Crippen LogP contribution in [0.3, 0.4) is 0 Å². The summed E-state index contributed by atoms with van der Waals surface area (Å²) in [6, 6.07) is 13.2. The lowest BCUT2D eigenvalue weighted by molar-refractivity contribution is 0.330. The molecule has 0 aliphatic heterocycles. The normalized spacial score (nSPS) is 10.0. The summed E-state index contributed by atoms with van der Waals surface area (Å²) in [7, 11) is 0. The number of rotatable bonds is 3. The maximum Gasteiger partial charge on any atom is 0.208 e. The van der Waals surface area contributed by atoms with Gasteiger partial charge in [-0.05, 0) is 17.7 Å². The standard InChI is InChI=1S/C16H13NO5S.C2H6/c18-12-11(13(19)15(21)16(22)14(12)20)17-10-7-6-9(23-10)8-4-2-1-3-5-8;1-2/h1-7,17-22H;1-2H3. The first-order valence-corrected chi connectivity index (χ1v) is 8.41.